The highest BCUT2D eigenvalue weighted by Gasteiger charge is 2.42. The molecule has 0 spiro atoms. The van der Waals surface area contributed by atoms with Crippen molar-refractivity contribution in [3.05, 3.63) is 0 Å². The molecule has 2 aliphatic carbocycles. The molecule has 104 valence electrons. The summed E-state index contributed by atoms with van der Waals surface area (Å²) in [5.74, 6) is -0.668. The summed E-state index contributed by atoms with van der Waals surface area (Å²) in [6.07, 6.45) is 10.6. The monoisotopic (exact) mass is 271 g/mol. The molecule has 0 saturated heterocycles. The third-order valence-corrected chi connectivity index (χ3v) is 6.17. The number of rotatable bonds is 4. The third kappa shape index (κ3) is 3.21. The number of carboxylic acids is 1. The number of hydrogen-bond donors (Lipinski definition) is 2. The first-order chi connectivity index (χ1) is 8.66. The largest absolute Gasteiger partial charge is 0.480 e. The Morgan fingerprint density at radius 3 is 2.44 bits per heavy atom. The molecule has 2 N–H and O–H groups in total. The van der Waals surface area contributed by atoms with Crippen molar-refractivity contribution in [2.75, 3.05) is 7.05 Å². The van der Waals surface area contributed by atoms with E-state index in [0.717, 1.165) is 24.5 Å². The van der Waals surface area contributed by atoms with Gasteiger partial charge in [0.05, 0.1) is 0 Å². The van der Waals surface area contributed by atoms with Crippen LogP contribution in [0.1, 0.15) is 57.8 Å². The molecule has 0 bridgehead atoms. The molecule has 0 amide bonds. The van der Waals surface area contributed by atoms with Gasteiger partial charge in [-0.05, 0) is 45.6 Å². The van der Waals surface area contributed by atoms with E-state index in [-0.39, 0.29) is 0 Å². The van der Waals surface area contributed by atoms with Crippen molar-refractivity contribution in [3.63, 3.8) is 0 Å². The minimum Gasteiger partial charge on any atom is -0.480 e. The van der Waals surface area contributed by atoms with E-state index in [1.165, 1.54) is 38.5 Å². The van der Waals surface area contributed by atoms with Crippen molar-refractivity contribution < 1.29 is 9.90 Å². The quantitative estimate of drug-likeness (QED) is 0.825. The number of likely N-dealkylation sites (N-methyl/N-ethyl adjacent to an activating group) is 1. The topological polar surface area (TPSA) is 49.3 Å². The van der Waals surface area contributed by atoms with Gasteiger partial charge in [-0.25, -0.2) is 0 Å². The van der Waals surface area contributed by atoms with Gasteiger partial charge in [0.2, 0.25) is 0 Å². The van der Waals surface area contributed by atoms with Gasteiger partial charge in [0, 0.05) is 10.5 Å². The molecule has 4 heteroatoms. The van der Waals surface area contributed by atoms with Crippen molar-refractivity contribution in [1.29, 1.82) is 0 Å². The highest BCUT2D eigenvalue weighted by Crippen LogP contribution is 2.40. The fourth-order valence-electron chi connectivity index (χ4n) is 3.34. The lowest BCUT2D eigenvalue weighted by molar-refractivity contribution is -0.146. The van der Waals surface area contributed by atoms with Crippen LogP contribution in [0.4, 0.5) is 0 Å². The van der Waals surface area contributed by atoms with Crippen LogP contribution in [-0.4, -0.2) is 34.2 Å². The zero-order valence-electron chi connectivity index (χ0n) is 11.3. The van der Waals surface area contributed by atoms with Crippen LogP contribution in [0.25, 0.3) is 0 Å². The van der Waals surface area contributed by atoms with Gasteiger partial charge >= 0.3 is 5.97 Å². The molecular weight excluding hydrogens is 246 g/mol. The Labute approximate surface area is 114 Å². The molecule has 0 aromatic heterocycles. The first-order valence-electron chi connectivity index (χ1n) is 7.24. The van der Waals surface area contributed by atoms with Crippen molar-refractivity contribution in [2.24, 2.45) is 0 Å². The second kappa shape index (κ2) is 6.29. The van der Waals surface area contributed by atoms with Gasteiger partial charge in [0.1, 0.15) is 5.54 Å². The molecule has 3 nitrogen and oxygen atoms in total. The molecular formula is C14H25NO2S. The number of carbonyl (C=O) groups is 1. The lowest BCUT2D eigenvalue weighted by atomic mass is 9.81. The van der Waals surface area contributed by atoms with Crippen LogP contribution in [-0.2, 0) is 4.79 Å². The summed E-state index contributed by atoms with van der Waals surface area (Å²) >= 11 is 2.07. The minimum atomic E-state index is -0.668. The van der Waals surface area contributed by atoms with Crippen LogP contribution in [0, 0.1) is 0 Å². The van der Waals surface area contributed by atoms with Crippen molar-refractivity contribution in [1.82, 2.24) is 5.32 Å². The Hall–Kier alpha value is -0.220. The minimum absolute atomic E-state index is 0.533. The summed E-state index contributed by atoms with van der Waals surface area (Å²) < 4.78 is 0. The van der Waals surface area contributed by atoms with E-state index in [0.29, 0.717) is 5.25 Å². The molecule has 0 heterocycles. The van der Waals surface area contributed by atoms with E-state index in [4.69, 9.17) is 0 Å². The van der Waals surface area contributed by atoms with E-state index in [9.17, 15) is 9.90 Å². The normalized spacial score (nSPS) is 34.4. The molecule has 2 aliphatic rings. The number of thioether (sulfide) groups is 1. The average molecular weight is 271 g/mol. The summed E-state index contributed by atoms with van der Waals surface area (Å²) in [5, 5.41) is 13.8. The molecule has 2 unspecified atom stereocenters. The molecule has 0 radical (unpaired) electrons. The van der Waals surface area contributed by atoms with E-state index < -0.39 is 11.5 Å². The van der Waals surface area contributed by atoms with Crippen LogP contribution in [0.2, 0.25) is 0 Å². The Balaban J connectivity index is 1.91. The molecule has 0 aromatic rings. The highest BCUT2D eigenvalue weighted by molar-refractivity contribution is 8.00. The van der Waals surface area contributed by atoms with Crippen LogP contribution in [0.5, 0.6) is 0 Å². The number of nitrogens with one attached hydrogen (secondary N) is 1. The Morgan fingerprint density at radius 1 is 1.17 bits per heavy atom. The molecule has 2 rings (SSSR count). The molecule has 18 heavy (non-hydrogen) atoms. The highest BCUT2D eigenvalue weighted by atomic mass is 32.2. The summed E-state index contributed by atoms with van der Waals surface area (Å²) in [6, 6.07) is 0. The second-order valence-electron chi connectivity index (χ2n) is 5.75. The molecule has 2 saturated carbocycles. The van der Waals surface area contributed by atoms with E-state index in [2.05, 4.69) is 17.1 Å². The maximum Gasteiger partial charge on any atom is 0.323 e. The van der Waals surface area contributed by atoms with Crippen LogP contribution >= 0.6 is 11.8 Å². The number of aliphatic carboxylic acids is 1. The third-order valence-electron chi connectivity index (χ3n) is 4.53. The summed E-state index contributed by atoms with van der Waals surface area (Å²) in [7, 11) is 1.79. The molecule has 0 aromatic carbocycles. The maximum absolute atomic E-state index is 11.5. The van der Waals surface area contributed by atoms with Crippen LogP contribution in [0.3, 0.4) is 0 Å². The van der Waals surface area contributed by atoms with Gasteiger partial charge in [-0.3, -0.25) is 4.79 Å². The Bertz CT molecular complexity index is 292. The van der Waals surface area contributed by atoms with Gasteiger partial charge in [-0.1, -0.05) is 19.3 Å². The summed E-state index contributed by atoms with van der Waals surface area (Å²) in [6.45, 7) is 0. The lowest BCUT2D eigenvalue weighted by Crippen LogP contribution is -2.54. The van der Waals surface area contributed by atoms with Crippen LogP contribution in [0.15, 0.2) is 0 Å². The zero-order chi connectivity index (χ0) is 13.0. The number of hydrogen-bond acceptors (Lipinski definition) is 3. The smallest absolute Gasteiger partial charge is 0.323 e. The van der Waals surface area contributed by atoms with Crippen molar-refractivity contribution >= 4 is 17.7 Å². The Morgan fingerprint density at radius 2 is 1.83 bits per heavy atom. The maximum atomic E-state index is 11.5. The predicted octanol–water partition coefficient (Wildman–Crippen LogP) is 3.04. The van der Waals surface area contributed by atoms with E-state index in [1.807, 2.05) is 0 Å². The van der Waals surface area contributed by atoms with Gasteiger partial charge in [0.15, 0.2) is 0 Å². The van der Waals surface area contributed by atoms with Gasteiger partial charge < -0.3 is 10.4 Å². The second-order valence-corrected chi connectivity index (χ2v) is 7.36. The van der Waals surface area contributed by atoms with Crippen LogP contribution < -0.4 is 5.32 Å². The standard InChI is InChI=1S/C14H25NO2S/c1-15-14(13(16)17)9-5-8-12(10-14)18-11-6-3-2-4-7-11/h11-12,15H,2-10H2,1H3,(H,16,17). The van der Waals surface area contributed by atoms with Gasteiger partial charge in [-0.15, -0.1) is 0 Å². The van der Waals surface area contributed by atoms with Gasteiger partial charge in [-0.2, -0.15) is 11.8 Å². The fourth-order valence-corrected chi connectivity index (χ4v) is 5.18. The SMILES string of the molecule is CNC1(C(=O)O)CCCC(SC2CCCCC2)C1. The Kier molecular flexibility index (Phi) is 4.96. The van der Waals surface area contributed by atoms with Crippen molar-refractivity contribution in [3.8, 4) is 0 Å². The summed E-state index contributed by atoms with van der Waals surface area (Å²) in [5.41, 5.74) is -0.662. The molecule has 2 fully saturated rings. The summed E-state index contributed by atoms with van der Waals surface area (Å²) in [4.78, 5) is 11.5. The average Bonchev–Trinajstić information content (AvgIpc) is 2.40. The van der Waals surface area contributed by atoms with E-state index >= 15 is 0 Å². The number of carboxylic acid groups (broad SMARTS) is 1. The van der Waals surface area contributed by atoms with Gasteiger partial charge in [0.25, 0.3) is 0 Å². The lowest BCUT2D eigenvalue weighted by Gasteiger charge is -2.38. The van der Waals surface area contributed by atoms with Crippen molar-refractivity contribution in [2.45, 2.75) is 73.8 Å². The molecule has 0 aliphatic heterocycles. The molecule has 2 atom stereocenters. The zero-order valence-corrected chi connectivity index (χ0v) is 12.1. The predicted molar refractivity (Wildman–Crippen MR) is 76.1 cm³/mol. The first kappa shape index (κ1) is 14.2. The fraction of sp³-hybridized carbons (Fsp3) is 0.929. The first-order valence-corrected chi connectivity index (χ1v) is 8.18. The van der Waals surface area contributed by atoms with E-state index in [1.54, 1.807) is 7.05 Å².